The number of anilines is 2. The third-order valence-corrected chi connectivity index (χ3v) is 8.93. The first-order chi connectivity index (χ1) is 16.1. The van der Waals surface area contributed by atoms with E-state index in [2.05, 4.69) is 51.6 Å². The van der Waals surface area contributed by atoms with Crippen molar-refractivity contribution in [3.05, 3.63) is 58.9 Å². The molecule has 3 aromatic rings. The number of halogens is 2. The summed E-state index contributed by atoms with van der Waals surface area (Å²) in [4.78, 5) is 22.5. The highest BCUT2D eigenvalue weighted by Crippen LogP contribution is 2.52. The summed E-state index contributed by atoms with van der Waals surface area (Å²) < 4.78 is 5.46. The van der Waals surface area contributed by atoms with Gasteiger partial charge in [0.2, 0.25) is 5.56 Å². The second-order valence-electron chi connectivity index (χ2n) is 7.86. The van der Waals surface area contributed by atoms with Crippen LogP contribution in [0.15, 0.2) is 72.9 Å². The average molecular weight is 521 g/mol. The van der Waals surface area contributed by atoms with E-state index >= 15 is 0 Å². The van der Waals surface area contributed by atoms with Gasteiger partial charge < -0.3 is 19.9 Å². The van der Waals surface area contributed by atoms with Gasteiger partial charge in [0.15, 0.2) is 0 Å². The lowest BCUT2D eigenvalue weighted by molar-refractivity contribution is 0.122. The molecular formula is C24H23Cl2N3O2S2. The molecule has 5 rings (SSSR count). The molecule has 33 heavy (non-hydrogen) atoms. The fourth-order valence-corrected chi connectivity index (χ4v) is 6.83. The highest BCUT2D eigenvalue weighted by Gasteiger charge is 2.22. The lowest BCUT2D eigenvalue weighted by Gasteiger charge is -2.29. The first-order valence-electron chi connectivity index (χ1n) is 10.7. The molecule has 1 saturated heterocycles. The van der Waals surface area contributed by atoms with E-state index in [0.29, 0.717) is 25.0 Å². The summed E-state index contributed by atoms with van der Waals surface area (Å²) in [7, 11) is 0. The zero-order valence-corrected chi connectivity index (χ0v) is 20.9. The van der Waals surface area contributed by atoms with E-state index in [1.54, 1.807) is 29.6 Å². The molecule has 172 valence electrons. The van der Waals surface area contributed by atoms with Crippen molar-refractivity contribution in [3.63, 3.8) is 0 Å². The number of ether oxygens (including phenoxy) is 1. The maximum absolute atomic E-state index is 12.5. The number of aromatic nitrogens is 1. The fourth-order valence-electron chi connectivity index (χ4n) is 3.94. The highest BCUT2D eigenvalue weighted by atomic mass is 35.5. The summed E-state index contributed by atoms with van der Waals surface area (Å²) in [6, 6.07) is 16.4. The summed E-state index contributed by atoms with van der Waals surface area (Å²) in [5.41, 5.74) is 3.73. The van der Waals surface area contributed by atoms with Gasteiger partial charge in [0, 0.05) is 67.4 Å². The Morgan fingerprint density at radius 2 is 1.82 bits per heavy atom. The van der Waals surface area contributed by atoms with Crippen LogP contribution in [0.3, 0.4) is 0 Å². The smallest absolute Gasteiger partial charge is 0.250 e. The number of benzene rings is 2. The maximum atomic E-state index is 12.5. The van der Waals surface area contributed by atoms with Crippen LogP contribution < -0.4 is 15.8 Å². The normalized spacial score (nSPS) is 15.3. The topological polar surface area (TPSA) is 57.4 Å². The third-order valence-electron chi connectivity index (χ3n) is 5.59. The molecule has 2 N–H and O–H groups in total. The summed E-state index contributed by atoms with van der Waals surface area (Å²) in [6.07, 6.45) is 0. The molecule has 0 amide bonds. The summed E-state index contributed by atoms with van der Waals surface area (Å²) >= 11 is 15.4. The van der Waals surface area contributed by atoms with Gasteiger partial charge in [0.1, 0.15) is 0 Å². The molecule has 1 aromatic heterocycles. The maximum Gasteiger partial charge on any atom is 0.250 e. The lowest BCUT2D eigenvalue weighted by atomic mass is 10.1. The molecule has 2 aliphatic heterocycles. The van der Waals surface area contributed by atoms with E-state index in [1.165, 1.54) is 14.7 Å². The van der Waals surface area contributed by atoms with Crippen LogP contribution in [0.4, 0.5) is 11.4 Å². The van der Waals surface area contributed by atoms with Crippen LogP contribution in [0.5, 0.6) is 0 Å². The Balaban J connectivity index is 1.46. The number of fused-ring (bicyclic) bond motifs is 2. The zero-order chi connectivity index (χ0) is 22.8. The Morgan fingerprint density at radius 3 is 2.61 bits per heavy atom. The number of aromatic amines is 1. The minimum absolute atomic E-state index is 0.0297. The first-order valence-corrected chi connectivity index (χ1v) is 13.4. The lowest BCUT2D eigenvalue weighted by Crippen LogP contribution is -2.36. The van der Waals surface area contributed by atoms with Gasteiger partial charge in [-0.25, -0.2) is 0 Å². The van der Waals surface area contributed by atoms with Crippen molar-refractivity contribution in [3.8, 4) is 11.3 Å². The van der Waals surface area contributed by atoms with Gasteiger partial charge in [-0.15, -0.1) is 23.2 Å². The molecule has 2 aliphatic rings. The molecule has 1 fully saturated rings. The highest BCUT2D eigenvalue weighted by molar-refractivity contribution is 8.05. The monoisotopic (exact) mass is 519 g/mol. The van der Waals surface area contributed by atoms with Crippen LogP contribution >= 0.6 is 46.7 Å². The molecule has 5 nitrogen and oxygen atoms in total. The van der Waals surface area contributed by atoms with Crippen molar-refractivity contribution in [2.24, 2.45) is 0 Å². The van der Waals surface area contributed by atoms with E-state index in [9.17, 15) is 4.79 Å². The molecule has 0 radical (unpaired) electrons. The standard InChI is InChI=1S/C24H23Cl2N3O2S2/c25-13-16(14-26)27-15-4-5-20-22(10-15)32-21-3-1-2-18(24(21)33-20)19-11-17(12-23(30)28-19)29-6-8-31-9-7-29/h1-5,10-12,16,27H,6-9,13-14H2,(H,28,30). The van der Waals surface area contributed by atoms with Crippen molar-refractivity contribution in [2.45, 2.75) is 25.6 Å². The minimum Gasteiger partial charge on any atom is -0.380 e. The number of alkyl halides is 2. The zero-order valence-electron chi connectivity index (χ0n) is 17.8. The Bertz CT molecular complexity index is 1210. The quantitative estimate of drug-likeness (QED) is 0.316. The van der Waals surface area contributed by atoms with Crippen LogP contribution in [0.25, 0.3) is 11.3 Å². The molecule has 9 heteroatoms. The van der Waals surface area contributed by atoms with Gasteiger partial charge in [0.05, 0.1) is 24.9 Å². The fraction of sp³-hybridized carbons (Fsp3) is 0.292. The Kier molecular flexibility index (Phi) is 7.13. The molecule has 0 atom stereocenters. The predicted molar refractivity (Wildman–Crippen MR) is 139 cm³/mol. The first kappa shape index (κ1) is 23.0. The van der Waals surface area contributed by atoms with Gasteiger partial charge in [-0.05, 0) is 30.3 Å². The molecule has 2 aromatic carbocycles. The summed E-state index contributed by atoms with van der Waals surface area (Å²) in [5.74, 6) is 0.910. The number of morpholine rings is 1. The van der Waals surface area contributed by atoms with Crippen molar-refractivity contribution in [1.82, 2.24) is 4.98 Å². The second kappa shape index (κ2) is 10.2. The van der Waals surface area contributed by atoms with E-state index in [4.69, 9.17) is 27.9 Å². The minimum atomic E-state index is -0.0932. The van der Waals surface area contributed by atoms with E-state index in [1.807, 2.05) is 6.07 Å². The number of rotatable bonds is 6. The van der Waals surface area contributed by atoms with E-state index < -0.39 is 0 Å². The SMILES string of the molecule is O=c1cc(N2CCOCC2)cc(-c2cccc3c2Sc2ccc(NC(CCl)CCl)cc2S3)[nH]1. The Morgan fingerprint density at radius 1 is 1.00 bits per heavy atom. The number of nitrogens with zero attached hydrogens (tertiary/aromatic N) is 1. The summed E-state index contributed by atoms with van der Waals surface area (Å²) in [6.45, 7) is 2.94. The van der Waals surface area contributed by atoms with Crippen molar-refractivity contribution in [1.29, 1.82) is 0 Å². The van der Waals surface area contributed by atoms with Crippen LogP contribution in [0, 0.1) is 0 Å². The van der Waals surface area contributed by atoms with Gasteiger partial charge in [-0.1, -0.05) is 35.7 Å². The molecule has 0 saturated carbocycles. The van der Waals surface area contributed by atoms with E-state index in [0.717, 1.165) is 40.6 Å². The Labute approximate surface area is 211 Å². The molecule has 0 spiro atoms. The van der Waals surface area contributed by atoms with Crippen LogP contribution in [-0.2, 0) is 4.74 Å². The van der Waals surface area contributed by atoms with Gasteiger partial charge >= 0.3 is 0 Å². The molecule has 0 aliphatic carbocycles. The number of pyridine rings is 1. The Hall–Kier alpha value is -1.77. The number of hydrogen-bond acceptors (Lipinski definition) is 6. The molecule has 0 unspecified atom stereocenters. The largest absolute Gasteiger partial charge is 0.380 e. The summed E-state index contributed by atoms with van der Waals surface area (Å²) in [5, 5.41) is 3.39. The number of hydrogen-bond donors (Lipinski definition) is 2. The predicted octanol–water partition coefficient (Wildman–Crippen LogP) is 5.75. The molecule has 0 bridgehead atoms. The van der Waals surface area contributed by atoms with Crippen molar-refractivity contribution in [2.75, 3.05) is 48.3 Å². The third kappa shape index (κ3) is 5.03. The van der Waals surface area contributed by atoms with Crippen LogP contribution in [-0.4, -0.2) is 49.1 Å². The van der Waals surface area contributed by atoms with Crippen LogP contribution in [0.1, 0.15) is 0 Å². The van der Waals surface area contributed by atoms with E-state index in [-0.39, 0.29) is 11.6 Å². The second-order valence-corrected chi connectivity index (χ2v) is 10.6. The number of H-pyrrole nitrogens is 1. The molecule has 3 heterocycles. The van der Waals surface area contributed by atoms with Gasteiger partial charge in [0.25, 0.3) is 0 Å². The van der Waals surface area contributed by atoms with Crippen molar-refractivity contribution < 1.29 is 4.74 Å². The molecular weight excluding hydrogens is 497 g/mol. The number of nitrogens with one attached hydrogen (secondary N) is 2. The van der Waals surface area contributed by atoms with Gasteiger partial charge in [-0.3, -0.25) is 4.79 Å². The van der Waals surface area contributed by atoms with Crippen molar-refractivity contribution >= 4 is 58.1 Å². The van der Waals surface area contributed by atoms with Crippen LogP contribution in [0.2, 0.25) is 0 Å². The van der Waals surface area contributed by atoms with Gasteiger partial charge in [-0.2, -0.15) is 0 Å². The average Bonchev–Trinajstić information content (AvgIpc) is 2.85.